The maximum Gasteiger partial charge on any atom is 0.203 e. The number of hydrogen-bond donors (Lipinski definition) is 0. The molecule has 1 aromatic carbocycles. The molecule has 0 aliphatic carbocycles. The van der Waals surface area contributed by atoms with Crippen molar-refractivity contribution in [1.29, 1.82) is 0 Å². The molecule has 0 atom stereocenters. The number of aldehydes is 1. The van der Waals surface area contributed by atoms with Gasteiger partial charge in [-0.1, -0.05) is 0 Å². The Hall–Kier alpha value is -1.78. The first kappa shape index (κ1) is 13.3. The van der Waals surface area contributed by atoms with E-state index >= 15 is 0 Å². The molecule has 0 unspecified atom stereocenters. The largest absolute Gasteiger partial charge is 0.493 e. The van der Waals surface area contributed by atoms with Crippen LogP contribution in [-0.2, 0) is 0 Å². The van der Waals surface area contributed by atoms with Crippen LogP contribution in [0.25, 0.3) is 0 Å². The fraction of sp³-hybridized carbons (Fsp3) is 0.417. The molecule has 17 heavy (non-hydrogen) atoms. The van der Waals surface area contributed by atoms with Crippen molar-refractivity contribution in [3.05, 3.63) is 17.7 Å². The highest BCUT2D eigenvalue weighted by atomic mass is 19.1. The molecule has 0 aliphatic rings. The van der Waals surface area contributed by atoms with Crippen molar-refractivity contribution in [1.82, 2.24) is 0 Å². The van der Waals surface area contributed by atoms with Crippen LogP contribution in [0.2, 0.25) is 0 Å². The quantitative estimate of drug-likeness (QED) is 0.543. The van der Waals surface area contributed by atoms with Crippen molar-refractivity contribution in [3.8, 4) is 17.2 Å². The van der Waals surface area contributed by atoms with E-state index in [1.165, 1.54) is 14.2 Å². The average molecular weight is 242 g/mol. The Kier molecular flexibility index (Phi) is 5.26. The Morgan fingerprint density at radius 3 is 2.24 bits per heavy atom. The van der Waals surface area contributed by atoms with Crippen LogP contribution in [0.15, 0.2) is 12.1 Å². The lowest BCUT2D eigenvalue weighted by molar-refractivity contribution is 0.112. The van der Waals surface area contributed by atoms with Crippen molar-refractivity contribution in [2.45, 2.75) is 6.42 Å². The Morgan fingerprint density at radius 1 is 1.24 bits per heavy atom. The minimum absolute atomic E-state index is 0.226. The van der Waals surface area contributed by atoms with Gasteiger partial charge in [0.1, 0.15) is 6.29 Å². The topological polar surface area (TPSA) is 44.8 Å². The maximum absolute atomic E-state index is 12.0. The highest BCUT2D eigenvalue weighted by molar-refractivity contribution is 5.78. The number of alkyl halides is 1. The van der Waals surface area contributed by atoms with Gasteiger partial charge in [-0.05, 0) is 12.1 Å². The van der Waals surface area contributed by atoms with Crippen molar-refractivity contribution >= 4 is 6.29 Å². The molecule has 0 radical (unpaired) electrons. The van der Waals surface area contributed by atoms with E-state index in [1.54, 1.807) is 12.1 Å². The van der Waals surface area contributed by atoms with Gasteiger partial charge in [0.15, 0.2) is 11.5 Å². The lowest BCUT2D eigenvalue weighted by atomic mass is 10.2. The summed E-state index contributed by atoms with van der Waals surface area (Å²) >= 11 is 0. The lowest BCUT2D eigenvalue weighted by Gasteiger charge is -2.14. The number of methoxy groups -OCH3 is 2. The van der Waals surface area contributed by atoms with E-state index < -0.39 is 6.67 Å². The molecule has 1 aromatic rings. The number of benzene rings is 1. The minimum Gasteiger partial charge on any atom is -0.493 e. The third-order valence-electron chi connectivity index (χ3n) is 2.14. The van der Waals surface area contributed by atoms with E-state index in [-0.39, 0.29) is 6.61 Å². The van der Waals surface area contributed by atoms with Crippen molar-refractivity contribution in [3.63, 3.8) is 0 Å². The van der Waals surface area contributed by atoms with Crippen LogP contribution in [0.3, 0.4) is 0 Å². The molecule has 94 valence electrons. The van der Waals surface area contributed by atoms with Gasteiger partial charge in [0, 0.05) is 12.0 Å². The summed E-state index contributed by atoms with van der Waals surface area (Å²) in [5.41, 5.74) is 0.427. The molecular weight excluding hydrogens is 227 g/mol. The number of hydrogen-bond acceptors (Lipinski definition) is 4. The summed E-state index contributed by atoms with van der Waals surface area (Å²) in [6.07, 6.45) is 0.984. The molecule has 0 fully saturated rings. The van der Waals surface area contributed by atoms with Crippen molar-refractivity contribution in [2.75, 3.05) is 27.5 Å². The Balaban J connectivity index is 3.01. The fourth-order valence-corrected chi connectivity index (χ4v) is 1.34. The zero-order chi connectivity index (χ0) is 12.7. The predicted molar refractivity (Wildman–Crippen MR) is 61.0 cm³/mol. The molecule has 0 aliphatic heterocycles. The lowest BCUT2D eigenvalue weighted by Crippen LogP contribution is -2.03. The molecule has 0 spiro atoms. The smallest absolute Gasteiger partial charge is 0.203 e. The van der Waals surface area contributed by atoms with E-state index in [1.807, 2.05) is 0 Å². The van der Waals surface area contributed by atoms with Gasteiger partial charge in [0.25, 0.3) is 0 Å². The number of halogens is 1. The molecule has 1 rings (SSSR count). The molecular formula is C12H15FO4. The summed E-state index contributed by atoms with van der Waals surface area (Å²) in [6, 6.07) is 3.08. The van der Waals surface area contributed by atoms with E-state index in [2.05, 4.69) is 0 Å². The molecule has 4 nitrogen and oxygen atoms in total. The second-order valence-corrected chi connectivity index (χ2v) is 3.26. The Labute approximate surface area is 99.3 Å². The van der Waals surface area contributed by atoms with Gasteiger partial charge in [0.2, 0.25) is 5.75 Å². The first-order valence-electron chi connectivity index (χ1n) is 5.16. The van der Waals surface area contributed by atoms with Crippen molar-refractivity contribution in [2.24, 2.45) is 0 Å². The number of carbonyl (C=O) groups excluding carboxylic acids is 1. The molecule has 0 aromatic heterocycles. The average Bonchev–Trinajstić information content (AvgIpc) is 2.38. The zero-order valence-electron chi connectivity index (χ0n) is 9.86. The van der Waals surface area contributed by atoms with Crippen molar-refractivity contribution < 1.29 is 23.4 Å². The van der Waals surface area contributed by atoms with E-state index in [9.17, 15) is 9.18 Å². The molecule has 0 amide bonds. The minimum atomic E-state index is -0.447. The fourth-order valence-electron chi connectivity index (χ4n) is 1.34. The predicted octanol–water partition coefficient (Wildman–Crippen LogP) is 2.25. The molecule has 0 N–H and O–H groups in total. The molecule has 0 saturated heterocycles. The van der Waals surface area contributed by atoms with Crippen LogP contribution in [0.5, 0.6) is 17.2 Å². The van der Waals surface area contributed by atoms with Gasteiger partial charge >= 0.3 is 0 Å². The standard InChI is InChI=1S/C12H15FO4/c1-15-10-6-9(8-14)7-11(16-2)12(10)17-5-3-4-13/h6-8H,3-5H2,1-2H3. The third kappa shape index (κ3) is 3.34. The second kappa shape index (κ2) is 6.73. The second-order valence-electron chi connectivity index (χ2n) is 3.26. The van der Waals surface area contributed by atoms with Gasteiger partial charge in [-0.2, -0.15) is 0 Å². The first-order chi connectivity index (χ1) is 8.26. The van der Waals surface area contributed by atoms with Crippen LogP contribution >= 0.6 is 0 Å². The number of rotatable bonds is 7. The van der Waals surface area contributed by atoms with Gasteiger partial charge < -0.3 is 14.2 Å². The number of carbonyl (C=O) groups is 1. The van der Waals surface area contributed by atoms with Gasteiger partial charge in [-0.15, -0.1) is 0 Å². The monoisotopic (exact) mass is 242 g/mol. The summed E-state index contributed by atoms with van der Waals surface area (Å²) in [6.45, 7) is -0.222. The van der Waals surface area contributed by atoms with E-state index in [0.29, 0.717) is 35.5 Å². The van der Waals surface area contributed by atoms with Gasteiger partial charge in [-0.25, -0.2) is 0 Å². The normalized spacial score (nSPS) is 9.82. The zero-order valence-corrected chi connectivity index (χ0v) is 9.86. The van der Waals surface area contributed by atoms with E-state index in [0.717, 1.165) is 0 Å². The third-order valence-corrected chi connectivity index (χ3v) is 2.14. The van der Waals surface area contributed by atoms with E-state index in [4.69, 9.17) is 14.2 Å². The maximum atomic E-state index is 12.0. The molecule has 0 saturated carbocycles. The summed E-state index contributed by atoms with van der Waals surface area (Å²) < 4.78 is 27.6. The summed E-state index contributed by atoms with van der Waals surface area (Å²) in [5.74, 6) is 1.17. The molecule has 0 bridgehead atoms. The SMILES string of the molecule is COc1cc(C=O)cc(OC)c1OCCCF. The van der Waals surface area contributed by atoms with Crippen LogP contribution in [0.1, 0.15) is 16.8 Å². The van der Waals surface area contributed by atoms with Crippen LogP contribution in [0, 0.1) is 0 Å². The van der Waals surface area contributed by atoms with Crippen LogP contribution in [-0.4, -0.2) is 33.8 Å². The summed E-state index contributed by atoms with van der Waals surface area (Å²) in [7, 11) is 2.93. The van der Waals surface area contributed by atoms with Gasteiger partial charge in [0.05, 0.1) is 27.5 Å². The molecule has 0 heterocycles. The Morgan fingerprint density at radius 2 is 1.82 bits per heavy atom. The number of ether oxygens (including phenoxy) is 3. The van der Waals surface area contributed by atoms with Crippen LogP contribution < -0.4 is 14.2 Å². The highest BCUT2D eigenvalue weighted by Crippen LogP contribution is 2.38. The summed E-state index contributed by atoms with van der Waals surface area (Å²) in [4.78, 5) is 10.7. The van der Waals surface area contributed by atoms with Gasteiger partial charge in [-0.3, -0.25) is 9.18 Å². The van der Waals surface area contributed by atoms with Crippen LogP contribution in [0.4, 0.5) is 4.39 Å². The molecule has 5 heteroatoms. The Bertz CT molecular complexity index is 354. The highest BCUT2D eigenvalue weighted by Gasteiger charge is 2.13. The summed E-state index contributed by atoms with van der Waals surface area (Å²) in [5, 5.41) is 0. The first-order valence-corrected chi connectivity index (χ1v) is 5.16.